The second kappa shape index (κ2) is 15.3. The zero-order valence-corrected chi connectivity index (χ0v) is 38.0. The lowest BCUT2D eigenvalue weighted by atomic mass is 9.97. The maximum Gasteiger partial charge on any atom is 0.147 e. The Morgan fingerprint density at radius 3 is 1.20 bits per heavy atom. The Morgan fingerprint density at radius 1 is 0.318 bits per heavy atom. The van der Waals surface area contributed by atoms with E-state index in [-0.39, 0.29) is 0 Å². The van der Waals surface area contributed by atoms with Gasteiger partial charge in [-0.1, -0.05) is 102 Å². The highest BCUT2D eigenvalue weighted by atomic mass is 16.3. The van der Waals surface area contributed by atoms with Crippen molar-refractivity contribution in [1.29, 1.82) is 0 Å². The smallest absolute Gasteiger partial charge is 0.147 e. The fraction of sp³-hybridized carbons (Fsp3) is 0.0968. The lowest BCUT2D eigenvalue weighted by Crippen LogP contribution is -2.11. The van der Waals surface area contributed by atoms with Crippen LogP contribution in [-0.4, -0.2) is 0 Å². The summed E-state index contributed by atoms with van der Waals surface area (Å²) in [6.45, 7) is 13.0. The number of rotatable bonds is 7. The van der Waals surface area contributed by atoms with Crippen LogP contribution in [0.15, 0.2) is 191 Å². The molecule has 0 aliphatic rings. The molecule has 0 aliphatic carbocycles. The van der Waals surface area contributed by atoms with Gasteiger partial charge in [0.05, 0.1) is 5.56 Å². The lowest BCUT2D eigenvalue weighted by Gasteiger charge is -2.28. The molecule has 12 rings (SSSR count). The minimum absolute atomic E-state index is 0.823. The summed E-state index contributed by atoms with van der Waals surface area (Å²) >= 11 is 0. The first kappa shape index (κ1) is 39.5. The molecule has 0 unspecified atom stereocenters. The van der Waals surface area contributed by atoms with Gasteiger partial charge < -0.3 is 18.6 Å². The number of aryl methyl sites for hydroxylation is 6. The molecule has 318 valence electrons. The Labute approximate surface area is 384 Å². The maximum absolute atomic E-state index is 7.02. The largest absolute Gasteiger partial charge is 0.455 e. The second-order valence-corrected chi connectivity index (χ2v) is 18.3. The van der Waals surface area contributed by atoms with Crippen LogP contribution in [-0.2, 0) is 0 Å². The molecule has 0 radical (unpaired) electrons. The predicted octanol–water partition coefficient (Wildman–Crippen LogP) is 18.2. The van der Waals surface area contributed by atoms with Crippen molar-refractivity contribution in [1.82, 2.24) is 0 Å². The minimum Gasteiger partial charge on any atom is -0.455 e. The molecule has 4 nitrogen and oxygen atoms in total. The van der Waals surface area contributed by atoms with Gasteiger partial charge in [-0.2, -0.15) is 0 Å². The predicted molar refractivity (Wildman–Crippen MR) is 279 cm³/mol. The molecule has 0 aliphatic heterocycles. The molecular weight excluding hydrogens is 805 g/mol. The molecule has 0 amide bonds. The molecule has 0 fully saturated rings. The number of benzene rings is 10. The van der Waals surface area contributed by atoms with Crippen molar-refractivity contribution in [3.8, 4) is 11.1 Å². The molecule has 4 heteroatoms. The second-order valence-electron chi connectivity index (χ2n) is 18.3. The average molecular weight is 853 g/mol. The monoisotopic (exact) mass is 852 g/mol. The normalized spacial score (nSPS) is 11.8. The molecule has 0 N–H and O–H groups in total. The van der Waals surface area contributed by atoms with Crippen LogP contribution in [0.1, 0.15) is 33.4 Å². The van der Waals surface area contributed by atoms with Crippen LogP contribution >= 0.6 is 0 Å². The number of hydrogen-bond donors (Lipinski definition) is 0. The molecule has 0 bridgehead atoms. The third-order valence-electron chi connectivity index (χ3n) is 13.5. The van der Waals surface area contributed by atoms with Crippen LogP contribution in [0, 0.1) is 41.5 Å². The molecule has 0 spiro atoms. The highest BCUT2D eigenvalue weighted by Gasteiger charge is 2.23. The van der Waals surface area contributed by atoms with E-state index in [1.54, 1.807) is 0 Å². The van der Waals surface area contributed by atoms with Crippen LogP contribution in [0.4, 0.5) is 34.1 Å². The van der Waals surface area contributed by atoms with Crippen molar-refractivity contribution < 1.29 is 8.83 Å². The van der Waals surface area contributed by atoms with Gasteiger partial charge in [-0.25, -0.2) is 0 Å². The summed E-state index contributed by atoms with van der Waals surface area (Å²) in [5.74, 6) is 0. The quantitative estimate of drug-likeness (QED) is 0.160. The number of anilines is 6. The molecule has 66 heavy (non-hydrogen) atoms. The molecule has 0 atom stereocenters. The molecule has 2 heterocycles. The van der Waals surface area contributed by atoms with E-state index in [2.05, 4.69) is 233 Å². The first-order valence-corrected chi connectivity index (χ1v) is 22.8. The van der Waals surface area contributed by atoms with E-state index in [0.29, 0.717) is 0 Å². The van der Waals surface area contributed by atoms with Gasteiger partial charge in [0.15, 0.2) is 0 Å². The van der Waals surface area contributed by atoms with Gasteiger partial charge in [0.2, 0.25) is 0 Å². The first-order chi connectivity index (χ1) is 32.1. The van der Waals surface area contributed by atoms with Crippen molar-refractivity contribution in [2.24, 2.45) is 0 Å². The SMILES string of the molecule is Cc1ccc(N(c2ccc3cc4c(cc3c2)oc2c(-c3ccccc3)c3oc5cc6cc(N(c7ccc(C)cc7)c7cc(C)ccc7C)ccc6cc5c3cc24)c2cc(C)ccc2C)cc1. The molecule has 0 saturated heterocycles. The van der Waals surface area contributed by atoms with Crippen molar-refractivity contribution in [2.75, 3.05) is 9.80 Å². The number of nitrogens with zero attached hydrogens (tertiary/aromatic N) is 2. The molecule has 12 aromatic rings. The third kappa shape index (κ3) is 6.60. The molecular formula is C62H48N2O2. The standard InChI is InChI=1S/C62H48N2O2/c1-37-14-22-48(23-15-37)63(56-28-39(3)12-18-41(56)5)50-26-20-44-32-52-54-36-55-53-33-45-21-27-51(64(49-24-16-38(2)17-25-49)57-29-40(4)13-19-42(57)6)31-47(45)35-59(53)66-62(55)60(43-10-8-7-9-11-43)61(54)65-58(52)34-46(44)30-50/h7-36H,1-6H3. The zero-order chi connectivity index (χ0) is 44.8. The summed E-state index contributed by atoms with van der Waals surface area (Å²) in [4.78, 5) is 4.74. The van der Waals surface area contributed by atoms with E-state index in [1.165, 1.54) is 44.8 Å². The number of furan rings is 2. The van der Waals surface area contributed by atoms with Gasteiger partial charge >= 0.3 is 0 Å². The molecule has 0 saturated carbocycles. The topological polar surface area (TPSA) is 32.8 Å². The Balaban J connectivity index is 1.03. The van der Waals surface area contributed by atoms with Crippen LogP contribution in [0.2, 0.25) is 0 Å². The van der Waals surface area contributed by atoms with Crippen molar-refractivity contribution >= 4 is 99.5 Å². The van der Waals surface area contributed by atoms with Gasteiger partial charge in [-0.05, 0) is 182 Å². The van der Waals surface area contributed by atoms with Gasteiger partial charge in [0, 0.05) is 55.7 Å². The van der Waals surface area contributed by atoms with E-state index >= 15 is 0 Å². The molecule has 10 aromatic carbocycles. The fourth-order valence-electron chi connectivity index (χ4n) is 9.91. The van der Waals surface area contributed by atoms with Gasteiger partial charge in [-0.3, -0.25) is 0 Å². The van der Waals surface area contributed by atoms with Crippen molar-refractivity contribution in [3.63, 3.8) is 0 Å². The highest BCUT2D eigenvalue weighted by Crippen LogP contribution is 2.47. The summed E-state index contributed by atoms with van der Waals surface area (Å²) in [5.41, 5.74) is 19.5. The maximum atomic E-state index is 7.02. The Kier molecular flexibility index (Phi) is 9.15. The van der Waals surface area contributed by atoms with E-state index in [9.17, 15) is 0 Å². The summed E-state index contributed by atoms with van der Waals surface area (Å²) in [7, 11) is 0. The summed E-state index contributed by atoms with van der Waals surface area (Å²) in [5, 5.41) is 8.83. The summed E-state index contributed by atoms with van der Waals surface area (Å²) in [6.07, 6.45) is 0. The molecule has 2 aromatic heterocycles. The Morgan fingerprint density at radius 2 is 0.742 bits per heavy atom. The van der Waals surface area contributed by atoms with Crippen LogP contribution in [0.5, 0.6) is 0 Å². The van der Waals surface area contributed by atoms with E-state index < -0.39 is 0 Å². The summed E-state index contributed by atoms with van der Waals surface area (Å²) in [6, 6.07) is 66.3. The van der Waals surface area contributed by atoms with E-state index in [0.717, 1.165) is 99.3 Å². The van der Waals surface area contributed by atoms with Crippen LogP contribution in [0.25, 0.3) is 76.5 Å². The third-order valence-corrected chi connectivity index (χ3v) is 13.5. The van der Waals surface area contributed by atoms with E-state index in [4.69, 9.17) is 8.83 Å². The Bertz CT molecular complexity index is 3640. The highest BCUT2D eigenvalue weighted by molar-refractivity contribution is 6.24. The first-order valence-electron chi connectivity index (χ1n) is 22.8. The minimum atomic E-state index is 0.823. The van der Waals surface area contributed by atoms with Gasteiger partial charge in [0.1, 0.15) is 22.3 Å². The fourth-order valence-corrected chi connectivity index (χ4v) is 9.91. The van der Waals surface area contributed by atoms with Crippen LogP contribution in [0.3, 0.4) is 0 Å². The summed E-state index contributed by atoms with van der Waals surface area (Å²) < 4.78 is 14.0. The van der Waals surface area contributed by atoms with Gasteiger partial charge in [-0.15, -0.1) is 0 Å². The van der Waals surface area contributed by atoms with Gasteiger partial charge in [0.25, 0.3) is 0 Å². The average Bonchev–Trinajstić information content (AvgIpc) is 3.86. The number of fused-ring (bicyclic) bond motifs is 8. The van der Waals surface area contributed by atoms with Crippen molar-refractivity contribution in [2.45, 2.75) is 41.5 Å². The zero-order valence-electron chi connectivity index (χ0n) is 38.0. The Hall–Kier alpha value is -8.08. The van der Waals surface area contributed by atoms with Crippen LogP contribution < -0.4 is 9.80 Å². The van der Waals surface area contributed by atoms with Crippen molar-refractivity contribution in [3.05, 3.63) is 215 Å². The lowest BCUT2D eigenvalue weighted by molar-refractivity contribution is 0.658. The van der Waals surface area contributed by atoms with E-state index in [1.807, 2.05) is 0 Å². The number of hydrogen-bond acceptors (Lipinski definition) is 4.